The van der Waals surface area contributed by atoms with Crippen molar-refractivity contribution in [3.05, 3.63) is 88.3 Å². The molecule has 4 rings (SSSR count). The number of amides is 1. The molecule has 4 aromatic rings. The number of hydrogen-bond donors (Lipinski definition) is 0. The Morgan fingerprint density at radius 2 is 1.93 bits per heavy atom. The average Bonchev–Trinajstić information content (AvgIpc) is 3.11. The zero-order valence-electron chi connectivity index (χ0n) is 16.5. The largest absolute Gasteiger partial charge is 0.423 e. The first-order valence-corrected chi connectivity index (χ1v) is 9.29. The number of nitrogens with zero attached hydrogens (tertiary/aromatic N) is 3. The van der Waals surface area contributed by atoms with Crippen molar-refractivity contribution in [1.82, 2.24) is 14.5 Å². The molecule has 0 aliphatic rings. The molecule has 0 atom stereocenters. The number of aromatic nitrogens is 2. The van der Waals surface area contributed by atoms with Crippen LogP contribution in [-0.4, -0.2) is 27.4 Å². The van der Waals surface area contributed by atoms with Crippen LogP contribution >= 0.6 is 0 Å². The number of hydrogen-bond acceptors (Lipinski definition) is 4. The Labute approximate surface area is 168 Å². The molecule has 2 aromatic carbocycles. The minimum absolute atomic E-state index is 0.168. The summed E-state index contributed by atoms with van der Waals surface area (Å²) in [6, 6.07) is 14.6. The van der Waals surface area contributed by atoms with Gasteiger partial charge in [0.05, 0.1) is 6.54 Å². The molecule has 0 aliphatic heterocycles. The van der Waals surface area contributed by atoms with Crippen LogP contribution in [0.4, 0.5) is 0 Å². The Morgan fingerprint density at radius 3 is 2.66 bits per heavy atom. The lowest BCUT2D eigenvalue weighted by molar-refractivity contribution is 0.0780. The summed E-state index contributed by atoms with van der Waals surface area (Å²) in [5.41, 5.74) is 3.24. The van der Waals surface area contributed by atoms with E-state index >= 15 is 0 Å². The number of aryl methyl sites for hydroxylation is 2. The first-order valence-electron chi connectivity index (χ1n) is 9.29. The monoisotopic (exact) mass is 387 g/mol. The van der Waals surface area contributed by atoms with Crippen LogP contribution in [0.3, 0.4) is 0 Å². The van der Waals surface area contributed by atoms with Crippen LogP contribution in [0.15, 0.2) is 70.1 Å². The van der Waals surface area contributed by atoms with E-state index < -0.39 is 5.63 Å². The van der Waals surface area contributed by atoms with Crippen LogP contribution in [0.2, 0.25) is 0 Å². The van der Waals surface area contributed by atoms with Gasteiger partial charge in [-0.1, -0.05) is 24.3 Å². The highest BCUT2D eigenvalue weighted by Crippen LogP contribution is 2.30. The summed E-state index contributed by atoms with van der Waals surface area (Å²) in [4.78, 5) is 30.9. The van der Waals surface area contributed by atoms with Gasteiger partial charge in [0.1, 0.15) is 11.4 Å². The first kappa shape index (κ1) is 18.7. The molecular formula is C23H21N3O3. The minimum atomic E-state index is -0.443. The van der Waals surface area contributed by atoms with Crippen LogP contribution < -0.4 is 5.63 Å². The van der Waals surface area contributed by atoms with Gasteiger partial charge in [0.25, 0.3) is 5.91 Å². The number of benzene rings is 2. The standard InChI is InChI=1S/C23H21N3O3/c1-15-6-4-5-7-17(15)19-13-22(27)29-20-12-16(8-9-18(19)20)23(28)26(3)14-21-24-10-11-25(21)2/h4-13H,14H2,1-3H3. The third kappa shape index (κ3) is 3.57. The Kier molecular flexibility index (Phi) is 4.76. The number of imidazole rings is 1. The van der Waals surface area contributed by atoms with Crippen LogP contribution in [0.5, 0.6) is 0 Å². The molecular weight excluding hydrogens is 366 g/mol. The Bertz CT molecular complexity index is 1270. The number of rotatable bonds is 4. The topological polar surface area (TPSA) is 68.3 Å². The van der Waals surface area contributed by atoms with Crippen LogP contribution in [0.25, 0.3) is 22.1 Å². The highest BCUT2D eigenvalue weighted by molar-refractivity contribution is 6.00. The molecule has 0 fully saturated rings. The highest BCUT2D eigenvalue weighted by atomic mass is 16.4. The van der Waals surface area contributed by atoms with Gasteiger partial charge >= 0.3 is 5.63 Å². The summed E-state index contributed by atoms with van der Waals surface area (Å²) in [6.45, 7) is 2.38. The van der Waals surface area contributed by atoms with Crippen molar-refractivity contribution in [3.8, 4) is 11.1 Å². The van der Waals surface area contributed by atoms with Gasteiger partial charge in [-0.15, -0.1) is 0 Å². The van der Waals surface area contributed by atoms with Gasteiger partial charge in [-0.2, -0.15) is 0 Å². The van der Waals surface area contributed by atoms with E-state index in [2.05, 4.69) is 4.98 Å². The third-order valence-electron chi connectivity index (χ3n) is 5.07. The SMILES string of the molecule is Cc1ccccc1-c1cc(=O)oc2cc(C(=O)N(C)Cc3nccn3C)ccc12. The molecule has 0 bridgehead atoms. The fourth-order valence-electron chi connectivity index (χ4n) is 3.45. The van der Waals surface area contributed by atoms with Crippen molar-refractivity contribution in [3.63, 3.8) is 0 Å². The summed E-state index contributed by atoms with van der Waals surface area (Å²) in [5.74, 6) is 0.619. The highest BCUT2D eigenvalue weighted by Gasteiger charge is 2.17. The van der Waals surface area contributed by atoms with Gasteiger partial charge in [-0.05, 0) is 36.2 Å². The van der Waals surface area contributed by atoms with E-state index in [1.807, 2.05) is 55.1 Å². The second kappa shape index (κ2) is 7.39. The molecule has 1 amide bonds. The lowest BCUT2D eigenvalue weighted by atomic mass is 9.97. The van der Waals surface area contributed by atoms with Gasteiger partial charge < -0.3 is 13.9 Å². The van der Waals surface area contributed by atoms with Crippen molar-refractivity contribution in [1.29, 1.82) is 0 Å². The lowest BCUT2D eigenvalue weighted by Crippen LogP contribution is -2.27. The Morgan fingerprint density at radius 1 is 1.14 bits per heavy atom. The Balaban J connectivity index is 1.73. The van der Waals surface area contributed by atoms with Crippen molar-refractivity contribution < 1.29 is 9.21 Å². The lowest BCUT2D eigenvalue weighted by Gasteiger charge is -2.17. The van der Waals surface area contributed by atoms with Gasteiger partial charge in [0.2, 0.25) is 0 Å². The fraction of sp³-hybridized carbons (Fsp3) is 0.174. The molecule has 2 heterocycles. The quantitative estimate of drug-likeness (QED) is 0.500. The molecule has 6 nitrogen and oxygen atoms in total. The summed E-state index contributed by atoms with van der Waals surface area (Å²) in [6.07, 6.45) is 3.54. The predicted octanol–water partition coefficient (Wildman–Crippen LogP) is 3.77. The minimum Gasteiger partial charge on any atom is -0.423 e. The number of fused-ring (bicyclic) bond motifs is 1. The predicted molar refractivity (Wildman–Crippen MR) is 112 cm³/mol. The van der Waals surface area contributed by atoms with Gasteiger partial charge in [-0.3, -0.25) is 4.79 Å². The van der Waals surface area contributed by atoms with Gasteiger partial charge in [-0.25, -0.2) is 9.78 Å². The van der Waals surface area contributed by atoms with Gasteiger partial charge in [0.15, 0.2) is 0 Å². The Hall–Kier alpha value is -3.67. The van der Waals surface area contributed by atoms with E-state index in [4.69, 9.17) is 4.42 Å². The van der Waals surface area contributed by atoms with Crippen molar-refractivity contribution >= 4 is 16.9 Å². The zero-order valence-corrected chi connectivity index (χ0v) is 16.5. The van der Waals surface area contributed by atoms with Gasteiger partial charge in [0, 0.05) is 49.1 Å². The summed E-state index contributed by atoms with van der Waals surface area (Å²) >= 11 is 0. The van der Waals surface area contributed by atoms with Crippen LogP contribution in [0, 0.1) is 6.92 Å². The van der Waals surface area contributed by atoms with Crippen LogP contribution in [0.1, 0.15) is 21.7 Å². The summed E-state index contributed by atoms with van der Waals surface area (Å²) in [7, 11) is 3.61. The third-order valence-corrected chi connectivity index (χ3v) is 5.07. The van der Waals surface area contributed by atoms with E-state index in [0.717, 1.165) is 27.9 Å². The van der Waals surface area contributed by atoms with E-state index in [1.165, 1.54) is 6.07 Å². The zero-order chi connectivity index (χ0) is 20.5. The van der Waals surface area contributed by atoms with E-state index in [-0.39, 0.29) is 5.91 Å². The molecule has 0 spiro atoms. The molecule has 0 saturated carbocycles. The molecule has 0 N–H and O–H groups in total. The smallest absolute Gasteiger partial charge is 0.336 e. The molecule has 29 heavy (non-hydrogen) atoms. The van der Waals surface area contributed by atoms with E-state index in [9.17, 15) is 9.59 Å². The second-order valence-corrected chi connectivity index (χ2v) is 7.12. The van der Waals surface area contributed by atoms with Crippen LogP contribution in [-0.2, 0) is 13.6 Å². The number of carbonyl (C=O) groups excluding carboxylic acids is 1. The maximum absolute atomic E-state index is 12.9. The molecule has 0 unspecified atom stereocenters. The molecule has 6 heteroatoms. The maximum atomic E-state index is 12.9. The molecule has 146 valence electrons. The normalized spacial score (nSPS) is 11.0. The molecule has 2 aromatic heterocycles. The fourth-order valence-corrected chi connectivity index (χ4v) is 3.45. The maximum Gasteiger partial charge on any atom is 0.336 e. The molecule has 0 aliphatic carbocycles. The van der Waals surface area contributed by atoms with Crippen molar-refractivity contribution in [2.75, 3.05) is 7.05 Å². The molecule has 0 saturated heterocycles. The number of carbonyl (C=O) groups is 1. The van der Waals surface area contributed by atoms with E-state index in [0.29, 0.717) is 17.7 Å². The van der Waals surface area contributed by atoms with E-state index in [1.54, 1.807) is 30.3 Å². The average molecular weight is 387 g/mol. The summed E-state index contributed by atoms with van der Waals surface area (Å²) < 4.78 is 7.29. The first-order chi connectivity index (χ1) is 13.9. The summed E-state index contributed by atoms with van der Waals surface area (Å²) in [5, 5.41) is 0.794. The second-order valence-electron chi connectivity index (χ2n) is 7.12. The van der Waals surface area contributed by atoms with Crippen molar-refractivity contribution in [2.24, 2.45) is 7.05 Å². The van der Waals surface area contributed by atoms with Crippen molar-refractivity contribution in [2.45, 2.75) is 13.5 Å². The molecule has 0 radical (unpaired) electrons.